The molecule has 0 spiro atoms. The summed E-state index contributed by atoms with van der Waals surface area (Å²) in [6, 6.07) is 20.0. The third-order valence-electron chi connectivity index (χ3n) is 4.63. The Morgan fingerprint density at radius 2 is 1.57 bits per heavy atom. The molecule has 4 nitrogen and oxygen atoms in total. The van der Waals surface area contributed by atoms with Gasteiger partial charge in [-0.05, 0) is 19.3 Å². The lowest BCUT2D eigenvalue weighted by Gasteiger charge is -2.44. The first kappa shape index (κ1) is 20.0. The number of hydrogen-bond acceptors (Lipinski definition) is 5. The number of benzene rings is 2. The van der Waals surface area contributed by atoms with Crippen LogP contribution in [0, 0.1) is 0 Å². The van der Waals surface area contributed by atoms with Crippen LogP contribution in [0.3, 0.4) is 0 Å². The van der Waals surface area contributed by atoms with Crippen LogP contribution in [0.25, 0.3) is 0 Å². The molecule has 0 atom stereocenters. The maximum absolute atomic E-state index is 12.4. The third-order valence-corrected chi connectivity index (χ3v) is 5.33. The number of rotatable bonds is 5. The van der Waals surface area contributed by atoms with E-state index in [1.54, 1.807) is 6.92 Å². The first-order valence-corrected chi connectivity index (χ1v) is 10.4. The molecule has 144 valence electrons. The van der Waals surface area contributed by atoms with Gasteiger partial charge in [0.05, 0.1) is 16.4 Å². The van der Waals surface area contributed by atoms with Gasteiger partial charge in [-0.3, -0.25) is 4.79 Å². The van der Waals surface area contributed by atoms with E-state index in [0.717, 1.165) is 10.9 Å². The molecule has 1 aliphatic rings. The minimum Gasteiger partial charge on any atom is -0.689 e. The van der Waals surface area contributed by atoms with Crippen LogP contribution in [0.1, 0.15) is 6.92 Å². The average molecular weight is 391 g/mol. The summed E-state index contributed by atoms with van der Waals surface area (Å²) < 4.78 is 6.61. The van der Waals surface area contributed by atoms with Crippen LogP contribution in [-0.4, -0.2) is 42.6 Å². The molecule has 0 bridgehead atoms. The summed E-state index contributed by atoms with van der Waals surface area (Å²) in [6.45, 7) is -0.352. The molecule has 0 saturated heterocycles. The zero-order valence-corrected chi connectivity index (χ0v) is 17.4. The number of thioether (sulfide) groups is 1. The van der Waals surface area contributed by atoms with Gasteiger partial charge in [-0.2, -0.15) is 0 Å². The van der Waals surface area contributed by atoms with Crippen molar-refractivity contribution >= 4 is 40.0 Å². The predicted molar refractivity (Wildman–Crippen MR) is 120 cm³/mol. The molecule has 3 rings (SSSR count). The molecule has 0 fully saturated rings. The van der Waals surface area contributed by atoms with E-state index in [1.807, 2.05) is 98.2 Å². The Balaban J connectivity index is 2.28. The van der Waals surface area contributed by atoms with Gasteiger partial charge in [0.2, 0.25) is 0 Å². The van der Waals surface area contributed by atoms with Crippen molar-refractivity contribution in [3.63, 3.8) is 0 Å². The molecule has 6 heteroatoms. The van der Waals surface area contributed by atoms with E-state index in [4.69, 9.17) is 9.56 Å². The second-order valence-corrected chi connectivity index (χ2v) is 7.69. The molecule has 0 unspecified atom stereocenters. The summed E-state index contributed by atoms with van der Waals surface area (Å²) in [5.41, 5.74) is 2.46. The Labute approximate surface area is 171 Å². The summed E-state index contributed by atoms with van der Waals surface area (Å²) in [4.78, 5) is 19.4. The molecule has 0 aromatic heterocycles. The first-order chi connectivity index (χ1) is 13.5. The van der Waals surface area contributed by atoms with E-state index in [0.29, 0.717) is 16.4 Å². The number of allylic oxidation sites excluding steroid dienone is 1. The number of carbonyl (C=O) groups excluding carboxylic acids is 1. The minimum absolute atomic E-state index is 0.0583. The lowest BCUT2D eigenvalue weighted by Crippen LogP contribution is -2.61. The number of carbonyl (C=O) groups is 1. The highest BCUT2D eigenvalue weighted by molar-refractivity contribution is 8.14. The average Bonchev–Trinajstić information content (AvgIpc) is 2.72. The zero-order valence-electron chi connectivity index (χ0n) is 16.6. The second-order valence-electron chi connectivity index (χ2n) is 6.90. The smallest absolute Gasteiger partial charge is 0.336 e. The van der Waals surface area contributed by atoms with Crippen molar-refractivity contribution in [1.82, 2.24) is 4.90 Å². The summed E-state index contributed by atoms with van der Waals surface area (Å²) in [5, 5.41) is 0.699. The van der Waals surface area contributed by atoms with Gasteiger partial charge < -0.3 is 14.5 Å². The molecule has 0 saturated carbocycles. The fourth-order valence-electron chi connectivity index (χ4n) is 3.33. The monoisotopic (exact) mass is 391 g/mol. The lowest BCUT2D eigenvalue weighted by molar-refractivity contribution is -0.113. The molecule has 0 aliphatic carbocycles. The van der Waals surface area contributed by atoms with Crippen molar-refractivity contribution in [2.45, 2.75) is 6.92 Å². The molecule has 0 N–H and O–H groups in total. The van der Waals surface area contributed by atoms with Crippen molar-refractivity contribution in [2.24, 2.45) is 4.90 Å². The van der Waals surface area contributed by atoms with E-state index in [-0.39, 0.29) is 5.78 Å². The molecule has 2 aromatic carbocycles. The standard InChI is InChI=1S/C22H24BN2O2S/c1-17(26)21-20(15-16-25(2)3)27-23(24-22(21)28-4,18-11-7-5-8-12-18)19-13-9-6-10-14-19/h5-16H,1-4H3/q-1/b16-15+. The molecule has 1 heterocycles. The normalized spacial score (nSPS) is 15.9. The van der Waals surface area contributed by atoms with Gasteiger partial charge in [0, 0.05) is 20.3 Å². The van der Waals surface area contributed by atoms with Gasteiger partial charge in [0.25, 0.3) is 0 Å². The van der Waals surface area contributed by atoms with E-state index in [1.165, 1.54) is 11.8 Å². The molecular formula is C22H24BN2O2S-. The Morgan fingerprint density at radius 1 is 1.04 bits per heavy atom. The highest BCUT2D eigenvalue weighted by Gasteiger charge is 2.37. The molecule has 0 amide bonds. The van der Waals surface area contributed by atoms with Gasteiger partial charge >= 0.3 is 6.48 Å². The Hall–Kier alpha value is -2.73. The number of hydrogen-bond donors (Lipinski definition) is 0. The Kier molecular flexibility index (Phi) is 6.10. The molecule has 2 aromatic rings. The SMILES string of the molecule is CSC1=N[B-](c2ccccc2)(c2ccccc2)OC(/C=C/N(C)C)=C1C(C)=O. The third kappa shape index (κ3) is 3.92. The maximum atomic E-state index is 12.4. The largest absolute Gasteiger partial charge is 0.689 e. The number of ketones is 1. The second kappa shape index (κ2) is 8.53. The fraction of sp³-hybridized carbons (Fsp3) is 0.182. The number of Topliss-reactive ketones (excluding diaryl/α,β-unsaturated/α-hetero) is 1. The van der Waals surface area contributed by atoms with Crippen LogP contribution in [-0.2, 0) is 9.45 Å². The van der Waals surface area contributed by atoms with E-state index in [9.17, 15) is 4.79 Å². The van der Waals surface area contributed by atoms with Crippen LogP contribution in [0.4, 0.5) is 0 Å². The molecule has 1 aliphatic heterocycles. The van der Waals surface area contributed by atoms with Crippen LogP contribution in [0.5, 0.6) is 0 Å². The lowest BCUT2D eigenvalue weighted by atomic mass is 9.42. The first-order valence-electron chi connectivity index (χ1n) is 9.16. The van der Waals surface area contributed by atoms with E-state index in [2.05, 4.69) is 0 Å². The highest BCUT2D eigenvalue weighted by atomic mass is 32.2. The predicted octanol–water partition coefficient (Wildman–Crippen LogP) is 2.95. The van der Waals surface area contributed by atoms with Crippen molar-refractivity contribution in [3.05, 3.63) is 84.3 Å². The quantitative estimate of drug-likeness (QED) is 0.735. The summed E-state index contributed by atoms with van der Waals surface area (Å²) in [6.07, 6.45) is 5.68. The van der Waals surface area contributed by atoms with Gasteiger partial charge in [-0.25, -0.2) is 0 Å². The van der Waals surface area contributed by atoms with Crippen LogP contribution in [0.15, 0.2) is 89.2 Å². The molecule has 28 heavy (non-hydrogen) atoms. The fourth-order valence-corrected chi connectivity index (χ4v) is 4.03. The summed E-state index contributed by atoms with van der Waals surface area (Å²) in [7, 11) is 3.87. The van der Waals surface area contributed by atoms with Crippen LogP contribution in [0.2, 0.25) is 0 Å². The van der Waals surface area contributed by atoms with Crippen molar-refractivity contribution in [2.75, 3.05) is 20.4 Å². The van der Waals surface area contributed by atoms with Gasteiger partial charge in [0.15, 0.2) is 5.78 Å². The van der Waals surface area contributed by atoms with E-state index < -0.39 is 6.48 Å². The number of nitrogens with zero attached hydrogens (tertiary/aromatic N) is 2. The van der Waals surface area contributed by atoms with Gasteiger partial charge in [-0.1, -0.05) is 60.7 Å². The van der Waals surface area contributed by atoms with Gasteiger partial charge in [-0.15, -0.1) is 22.7 Å². The van der Waals surface area contributed by atoms with Crippen molar-refractivity contribution < 1.29 is 9.45 Å². The summed E-state index contributed by atoms with van der Waals surface area (Å²) in [5.74, 6) is 0.491. The van der Waals surface area contributed by atoms with Crippen LogP contribution < -0.4 is 10.9 Å². The minimum atomic E-state index is -1.91. The highest BCUT2D eigenvalue weighted by Crippen LogP contribution is 2.29. The molecular weight excluding hydrogens is 367 g/mol. The van der Waals surface area contributed by atoms with E-state index >= 15 is 0 Å². The maximum Gasteiger partial charge on any atom is 0.336 e. The topological polar surface area (TPSA) is 41.9 Å². The van der Waals surface area contributed by atoms with Crippen molar-refractivity contribution in [3.8, 4) is 0 Å². The Morgan fingerprint density at radius 3 is 2.00 bits per heavy atom. The van der Waals surface area contributed by atoms with Crippen molar-refractivity contribution in [1.29, 1.82) is 0 Å². The Bertz CT molecular complexity index is 898. The van der Waals surface area contributed by atoms with Gasteiger partial charge in [0.1, 0.15) is 0 Å². The summed E-state index contributed by atoms with van der Waals surface area (Å²) >= 11 is 1.47. The zero-order chi connectivity index (χ0) is 20.1. The molecule has 0 radical (unpaired) electrons. The van der Waals surface area contributed by atoms with Crippen LogP contribution >= 0.6 is 11.8 Å².